The number of carbonyl (C=O) groups is 1. The summed E-state index contributed by atoms with van der Waals surface area (Å²) >= 11 is 6.13. The van der Waals surface area contributed by atoms with Gasteiger partial charge in [-0.15, -0.1) is 0 Å². The number of amides is 1. The first-order valence-corrected chi connectivity index (χ1v) is 9.03. The molecule has 0 aliphatic rings. The van der Waals surface area contributed by atoms with Crippen LogP contribution in [-0.2, 0) is 11.3 Å². The molecule has 2 aromatic carbocycles. The molecule has 0 N–H and O–H groups in total. The van der Waals surface area contributed by atoms with Crippen LogP contribution in [0.25, 0.3) is 17.5 Å². The molecule has 1 heterocycles. The van der Waals surface area contributed by atoms with Crippen molar-refractivity contribution in [1.29, 1.82) is 0 Å². The van der Waals surface area contributed by atoms with E-state index in [0.29, 0.717) is 16.7 Å². The van der Waals surface area contributed by atoms with E-state index in [0.717, 1.165) is 11.1 Å². The normalized spacial score (nSPS) is 11.3. The molecule has 0 radical (unpaired) electrons. The second kappa shape index (κ2) is 8.64. The molecule has 3 rings (SSSR count). The Morgan fingerprint density at radius 2 is 1.85 bits per heavy atom. The highest BCUT2D eigenvalue weighted by molar-refractivity contribution is 6.32. The molecule has 0 aliphatic heterocycles. The molecule has 1 amide bonds. The quantitative estimate of drug-likeness (QED) is 0.573. The summed E-state index contributed by atoms with van der Waals surface area (Å²) in [6.45, 7) is 4.12. The number of aromatic nitrogens is 2. The molecule has 0 saturated heterocycles. The van der Waals surface area contributed by atoms with Gasteiger partial charge in [0, 0.05) is 22.7 Å². The van der Waals surface area contributed by atoms with Crippen LogP contribution >= 0.6 is 11.6 Å². The SMILES string of the molecule is CC(C)N(Cc1nc(-c2ccccc2)no1)C(=O)/C=C/c1ccccc1Cl. The molecule has 0 aliphatic carbocycles. The first-order valence-electron chi connectivity index (χ1n) is 8.66. The van der Waals surface area contributed by atoms with Gasteiger partial charge in [-0.05, 0) is 31.6 Å². The van der Waals surface area contributed by atoms with Crippen LogP contribution in [0.2, 0.25) is 5.02 Å². The summed E-state index contributed by atoms with van der Waals surface area (Å²) in [4.78, 5) is 18.7. The van der Waals surface area contributed by atoms with Crippen molar-refractivity contribution in [2.24, 2.45) is 0 Å². The Hall–Kier alpha value is -2.92. The van der Waals surface area contributed by atoms with Crippen LogP contribution < -0.4 is 0 Å². The van der Waals surface area contributed by atoms with Crippen molar-refractivity contribution in [2.75, 3.05) is 0 Å². The molecule has 5 nitrogen and oxygen atoms in total. The lowest BCUT2D eigenvalue weighted by atomic mass is 10.2. The van der Waals surface area contributed by atoms with Gasteiger partial charge >= 0.3 is 0 Å². The van der Waals surface area contributed by atoms with E-state index in [9.17, 15) is 4.79 Å². The van der Waals surface area contributed by atoms with Crippen molar-refractivity contribution in [3.8, 4) is 11.4 Å². The largest absolute Gasteiger partial charge is 0.337 e. The predicted molar refractivity (Wildman–Crippen MR) is 106 cm³/mol. The van der Waals surface area contributed by atoms with E-state index in [4.69, 9.17) is 16.1 Å². The summed E-state index contributed by atoms with van der Waals surface area (Å²) in [5.74, 6) is 0.750. The van der Waals surface area contributed by atoms with Crippen molar-refractivity contribution in [2.45, 2.75) is 26.4 Å². The van der Waals surface area contributed by atoms with Crippen molar-refractivity contribution in [3.05, 3.63) is 77.2 Å². The minimum atomic E-state index is -0.149. The zero-order chi connectivity index (χ0) is 19.2. The summed E-state index contributed by atoms with van der Waals surface area (Å²) in [5.41, 5.74) is 1.66. The highest BCUT2D eigenvalue weighted by Gasteiger charge is 2.19. The third-order valence-corrected chi connectivity index (χ3v) is 4.37. The first-order chi connectivity index (χ1) is 13.0. The van der Waals surface area contributed by atoms with Crippen LogP contribution in [0.4, 0.5) is 0 Å². The zero-order valence-electron chi connectivity index (χ0n) is 15.2. The van der Waals surface area contributed by atoms with Gasteiger partial charge < -0.3 is 9.42 Å². The second-order valence-corrected chi connectivity index (χ2v) is 6.70. The summed E-state index contributed by atoms with van der Waals surface area (Å²) in [6.07, 6.45) is 3.22. The van der Waals surface area contributed by atoms with E-state index in [1.165, 1.54) is 6.08 Å². The number of halogens is 1. The molecule has 0 fully saturated rings. The third-order valence-electron chi connectivity index (χ3n) is 4.02. The molecule has 0 spiro atoms. The van der Waals surface area contributed by atoms with Gasteiger partial charge in [0.2, 0.25) is 17.6 Å². The fourth-order valence-corrected chi connectivity index (χ4v) is 2.75. The lowest BCUT2D eigenvalue weighted by Crippen LogP contribution is -2.35. The average molecular weight is 382 g/mol. The maximum absolute atomic E-state index is 12.7. The Morgan fingerprint density at radius 1 is 1.15 bits per heavy atom. The fraction of sp³-hybridized carbons (Fsp3) is 0.190. The topological polar surface area (TPSA) is 59.2 Å². The molecular formula is C21H20ClN3O2. The highest BCUT2D eigenvalue weighted by atomic mass is 35.5. The maximum Gasteiger partial charge on any atom is 0.247 e. The molecule has 0 bridgehead atoms. The highest BCUT2D eigenvalue weighted by Crippen LogP contribution is 2.18. The maximum atomic E-state index is 12.7. The Balaban J connectivity index is 1.73. The second-order valence-electron chi connectivity index (χ2n) is 6.29. The summed E-state index contributed by atoms with van der Waals surface area (Å²) < 4.78 is 5.33. The molecular weight excluding hydrogens is 362 g/mol. The fourth-order valence-electron chi connectivity index (χ4n) is 2.55. The van der Waals surface area contributed by atoms with Crippen molar-refractivity contribution in [3.63, 3.8) is 0 Å². The van der Waals surface area contributed by atoms with E-state index in [1.54, 1.807) is 17.0 Å². The standard InChI is InChI=1S/C21H20ClN3O2/c1-15(2)25(20(26)13-12-16-8-6-7-11-18(16)22)14-19-23-21(24-27-19)17-9-4-3-5-10-17/h3-13,15H,14H2,1-2H3/b13-12+. The smallest absolute Gasteiger partial charge is 0.247 e. The van der Waals surface area contributed by atoms with E-state index >= 15 is 0 Å². The number of hydrogen-bond donors (Lipinski definition) is 0. The molecule has 0 saturated carbocycles. The monoisotopic (exact) mass is 381 g/mol. The predicted octanol–water partition coefficient (Wildman–Crippen LogP) is 4.84. The van der Waals surface area contributed by atoms with Gasteiger partial charge in [-0.1, -0.05) is 65.3 Å². The van der Waals surface area contributed by atoms with Crippen LogP contribution in [0, 0.1) is 0 Å². The number of carbonyl (C=O) groups excluding carboxylic acids is 1. The minimum absolute atomic E-state index is 0.0273. The first kappa shape index (κ1) is 18.9. The summed E-state index contributed by atoms with van der Waals surface area (Å²) in [7, 11) is 0. The van der Waals surface area contributed by atoms with Crippen molar-refractivity contribution >= 4 is 23.6 Å². The van der Waals surface area contributed by atoms with Crippen LogP contribution in [0.3, 0.4) is 0 Å². The van der Waals surface area contributed by atoms with E-state index in [1.807, 2.05) is 62.4 Å². The molecule has 1 aromatic heterocycles. The van der Waals surface area contributed by atoms with Crippen LogP contribution in [0.5, 0.6) is 0 Å². The van der Waals surface area contributed by atoms with Gasteiger partial charge in [-0.3, -0.25) is 4.79 Å². The van der Waals surface area contributed by atoms with Gasteiger partial charge in [0.15, 0.2) is 0 Å². The summed E-state index contributed by atoms with van der Waals surface area (Å²) in [6, 6.07) is 16.9. The number of nitrogens with zero attached hydrogens (tertiary/aromatic N) is 3. The van der Waals surface area contributed by atoms with E-state index < -0.39 is 0 Å². The Bertz CT molecular complexity index is 935. The molecule has 138 valence electrons. The van der Waals surface area contributed by atoms with Gasteiger partial charge in [0.1, 0.15) is 6.54 Å². The molecule has 27 heavy (non-hydrogen) atoms. The van der Waals surface area contributed by atoms with E-state index in [2.05, 4.69) is 10.1 Å². The number of benzene rings is 2. The minimum Gasteiger partial charge on any atom is -0.337 e. The van der Waals surface area contributed by atoms with Gasteiger partial charge in [0.05, 0.1) is 0 Å². The van der Waals surface area contributed by atoms with Gasteiger partial charge in [-0.2, -0.15) is 4.98 Å². The lowest BCUT2D eigenvalue weighted by Gasteiger charge is -2.23. The van der Waals surface area contributed by atoms with Crippen molar-refractivity contribution < 1.29 is 9.32 Å². The van der Waals surface area contributed by atoms with Crippen LogP contribution in [0.1, 0.15) is 25.3 Å². The molecule has 0 atom stereocenters. The molecule has 3 aromatic rings. The van der Waals surface area contributed by atoms with Gasteiger partial charge in [0.25, 0.3) is 0 Å². The third kappa shape index (κ3) is 4.83. The van der Waals surface area contributed by atoms with E-state index in [-0.39, 0.29) is 18.5 Å². The Labute approximate surface area is 163 Å². The Morgan fingerprint density at radius 3 is 2.56 bits per heavy atom. The summed E-state index contributed by atoms with van der Waals surface area (Å²) in [5, 5.41) is 4.60. The number of rotatable bonds is 6. The zero-order valence-corrected chi connectivity index (χ0v) is 15.9. The number of hydrogen-bond acceptors (Lipinski definition) is 4. The van der Waals surface area contributed by atoms with Gasteiger partial charge in [-0.25, -0.2) is 0 Å². The van der Waals surface area contributed by atoms with Crippen LogP contribution in [0.15, 0.2) is 65.2 Å². The lowest BCUT2D eigenvalue weighted by molar-refractivity contribution is -0.128. The molecule has 0 unspecified atom stereocenters. The average Bonchev–Trinajstić information content (AvgIpc) is 3.14. The van der Waals surface area contributed by atoms with Crippen molar-refractivity contribution in [1.82, 2.24) is 15.0 Å². The van der Waals surface area contributed by atoms with Crippen LogP contribution in [-0.4, -0.2) is 27.0 Å². The Kier molecular flexibility index (Phi) is 6.04. The molecule has 6 heteroatoms.